The quantitative estimate of drug-likeness (QED) is 0.754. The van der Waals surface area contributed by atoms with Crippen molar-refractivity contribution in [3.8, 4) is 5.75 Å². The Kier molecular flexibility index (Phi) is 4.88. The molecule has 2 aromatic rings. The summed E-state index contributed by atoms with van der Waals surface area (Å²) in [5.41, 5.74) is 6.34. The minimum atomic E-state index is 0.288. The molecule has 1 heterocycles. The van der Waals surface area contributed by atoms with E-state index in [0.717, 1.165) is 11.3 Å². The number of hydrogen-bond donors (Lipinski definition) is 1. The van der Waals surface area contributed by atoms with Crippen LogP contribution in [0.15, 0.2) is 28.8 Å². The lowest BCUT2D eigenvalue weighted by Gasteiger charge is -2.05. The van der Waals surface area contributed by atoms with Crippen LogP contribution in [0.1, 0.15) is 17.3 Å². The highest BCUT2D eigenvalue weighted by Crippen LogP contribution is 2.19. The molecule has 0 bridgehead atoms. The third-order valence-electron chi connectivity index (χ3n) is 2.54. The lowest BCUT2D eigenvalue weighted by atomic mass is 10.1. The van der Waals surface area contributed by atoms with Gasteiger partial charge in [0.1, 0.15) is 12.4 Å². The van der Waals surface area contributed by atoms with E-state index < -0.39 is 0 Å². The molecule has 0 aliphatic rings. The number of nitrogens with two attached hydrogens (primary N) is 1. The smallest absolute Gasteiger partial charge is 0.252 e. The van der Waals surface area contributed by atoms with Gasteiger partial charge in [-0.2, -0.15) is 4.98 Å². The maximum absolute atomic E-state index is 5.33. The number of ether oxygens (including phenoxy) is 2. The first kappa shape index (κ1) is 13.5. The van der Waals surface area contributed by atoms with Crippen LogP contribution in [-0.2, 0) is 17.8 Å². The normalized spacial score (nSPS) is 10.6. The van der Waals surface area contributed by atoms with Crippen molar-refractivity contribution >= 4 is 0 Å². The molecule has 0 aliphatic carbocycles. The summed E-state index contributed by atoms with van der Waals surface area (Å²) in [5, 5.41) is 3.91. The van der Waals surface area contributed by atoms with Gasteiger partial charge in [0.05, 0.1) is 13.7 Å². The molecule has 1 aromatic carbocycles. The van der Waals surface area contributed by atoms with Gasteiger partial charge in [-0.3, -0.25) is 0 Å². The summed E-state index contributed by atoms with van der Waals surface area (Å²) in [7, 11) is 1.64. The van der Waals surface area contributed by atoms with E-state index in [1.807, 2.05) is 24.3 Å². The van der Waals surface area contributed by atoms with Crippen LogP contribution in [0.5, 0.6) is 5.75 Å². The van der Waals surface area contributed by atoms with E-state index in [1.54, 1.807) is 7.11 Å². The second-order valence-electron chi connectivity index (χ2n) is 3.93. The van der Waals surface area contributed by atoms with Gasteiger partial charge < -0.3 is 19.7 Å². The van der Waals surface area contributed by atoms with Gasteiger partial charge in [-0.1, -0.05) is 23.4 Å². The van der Waals surface area contributed by atoms with E-state index >= 15 is 0 Å². The van der Waals surface area contributed by atoms with Crippen LogP contribution in [0.25, 0.3) is 0 Å². The van der Waals surface area contributed by atoms with Crippen molar-refractivity contribution in [2.45, 2.75) is 13.0 Å². The first-order valence-electron chi connectivity index (χ1n) is 6.04. The van der Waals surface area contributed by atoms with Crippen LogP contribution in [-0.4, -0.2) is 30.4 Å². The van der Waals surface area contributed by atoms with Crippen molar-refractivity contribution in [1.82, 2.24) is 10.1 Å². The lowest BCUT2D eigenvalue weighted by molar-refractivity contribution is 0.104. The summed E-state index contributed by atoms with van der Waals surface area (Å²) in [5.74, 6) is 1.88. The van der Waals surface area contributed by atoms with Crippen molar-refractivity contribution in [1.29, 1.82) is 0 Å². The minimum Gasteiger partial charge on any atom is -0.496 e. The van der Waals surface area contributed by atoms with E-state index in [9.17, 15) is 0 Å². The molecule has 0 aliphatic heterocycles. The molecule has 0 saturated heterocycles. The Morgan fingerprint density at radius 1 is 1.32 bits per heavy atom. The number of para-hydroxylation sites is 1. The molecular weight excluding hydrogens is 246 g/mol. The van der Waals surface area contributed by atoms with E-state index in [-0.39, 0.29) is 6.61 Å². The van der Waals surface area contributed by atoms with Crippen molar-refractivity contribution in [3.63, 3.8) is 0 Å². The van der Waals surface area contributed by atoms with Crippen molar-refractivity contribution in [2.24, 2.45) is 5.73 Å². The Hall–Kier alpha value is -1.92. The van der Waals surface area contributed by atoms with Crippen LogP contribution >= 0.6 is 0 Å². The number of rotatable bonds is 7. The molecule has 0 fully saturated rings. The fraction of sp³-hybridized carbons (Fsp3) is 0.385. The molecule has 0 amide bonds. The maximum atomic E-state index is 5.33. The molecule has 2 N–H and O–H groups in total. The maximum Gasteiger partial charge on any atom is 0.252 e. The Labute approximate surface area is 111 Å². The fourth-order valence-electron chi connectivity index (χ4n) is 1.68. The van der Waals surface area contributed by atoms with Crippen LogP contribution in [0, 0.1) is 0 Å². The summed E-state index contributed by atoms with van der Waals surface area (Å²) < 4.78 is 15.6. The zero-order valence-corrected chi connectivity index (χ0v) is 10.8. The number of benzene rings is 1. The molecule has 0 atom stereocenters. The first-order valence-corrected chi connectivity index (χ1v) is 6.04. The zero-order chi connectivity index (χ0) is 13.5. The molecule has 19 heavy (non-hydrogen) atoms. The summed E-state index contributed by atoms with van der Waals surface area (Å²) >= 11 is 0. The molecule has 6 heteroatoms. The fourth-order valence-corrected chi connectivity index (χ4v) is 1.68. The van der Waals surface area contributed by atoms with Gasteiger partial charge in [0.2, 0.25) is 0 Å². The molecule has 0 radical (unpaired) electrons. The number of hydrogen-bond acceptors (Lipinski definition) is 6. The third kappa shape index (κ3) is 3.77. The summed E-state index contributed by atoms with van der Waals surface area (Å²) in [6.07, 6.45) is 0.560. The summed E-state index contributed by atoms with van der Waals surface area (Å²) in [6, 6.07) is 7.74. The molecule has 1 aromatic heterocycles. The Bertz CT molecular complexity index is 513. The lowest BCUT2D eigenvalue weighted by Crippen LogP contribution is -2.08. The van der Waals surface area contributed by atoms with Crippen molar-refractivity contribution in [3.05, 3.63) is 41.5 Å². The average Bonchev–Trinajstić information content (AvgIpc) is 2.87. The highest BCUT2D eigenvalue weighted by molar-refractivity contribution is 5.35. The van der Waals surface area contributed by atoms with Gasteiger partial charge in [0, 0.05) is 18.5 Å². The van der Waals surface area contributed by atoms with Crippen LogP contribution in [0.2, 0.25) is 0 Å². The topological polar surface area (TPSA) is 83.4 Å². The van der Waals surface area contributed by atoms with Gasteiger partial charge in [0.15, 0.2) is 5.82 Å². The van der Waals surface area contributed by atoms with Gasteiger partial charge >= 0.3 is 0 Å². The van der Waals surface area contributed by atoms with Crippen molar-refractivity contribution in [2.75, 3.05) is 20.3 Å². The summed E-state index contributed by atoms with van der Waals surface area (Å²) in [4.78, 5) is 4.25. The molecule has 6 nitrogen and oxygen atoms in total. The van der Waals surface area contributed by atoms with Gasteiger partial charge in [-0.05, 0) is 6.07 Å². The highest BCUT2D eigenvalue weighted by atomic mass is 16.5. The Morgan fingerprint density at radius 3 is 2.95 bits per heavy atom. The average molecular weight is 263 g/mol. The molecule has 102 valence electrons. The predicted molar refractivity (Wildman–Crippen MR) is 68.8 cm³/mol. The molecule has 0 saturated carbocycles. The SMILES string of the molecule is COc1ccccc1Cc1noc(COCCN)n1. The third-order valence-corrected chi connectivity index (χ3v) is 2.54. The Balaban J connectivity index is 1.99. The highest BCUT2D eigenvalue weighted by Gasteiger charge is 2.09. The van der Waals surface area contributed by atoms with Crippen molar-refractivity contribution < 1.29 is 14.0 Å². The molecular formula is C13H17N3O3. The second kappa shape index (κ2) is 6.86. The first-order chi connectivity index (χ1) is 9.33. The van der Waals surface area contributed by atoms with Gasteiger partial charge in [0.25, 0.3) is 5.89 Å². The molecule has 0 unspecified atom stereocenters. The van der Waals surface area contributed by atoms with E-state index in [0.29, 0.717) is 31.3 Å². The molecule has 0 spiro atoms. The standard InChI is InChI=1S/C13H17N3O3/c1-17-11-5-3-2-4-10(11)8-12-15-13(19-16-12)9-18-7-6-14/h2-5H,6-9,14H2,1H3. The van der Waals surface area contributed by atoms with E-state index in [1.165, 1.54) is 0 Å². The number of methoxy groups -OCH3 is 1. The zero-order valence-electron chi connectivity index (χ0n) is 10.8. The monoisotopic (exact) mass is 263 g/mol. The van der Waals surface area contributed by atoms with Crippen LogP contribution in [0.4, 0.5) is 0 Å². The Morgan fingerprint density at radius 2 is 2.16 bits per heavy atom. The predicted octanol–water partition coefficient (Wildman–Crippen LogP) is 1.14. The van der Waals surface area contributed by atoms with Crippen LogP contribution in [0.3, 0.4) is 0 Å². The minimum absolute atomic E-state index is 0.288. The number of aromatic nitrogens is 2. The van der Waals surface area contributed by atoms with Gasteiger partial charge in [-0.15, -0.1) is 0 Å². The van der Waals surface area contributed by atoms with E-state index in [4.69, 9.17) is 19.7 Å². The largest absolute Gasteiger partial charge is 0.496 e. The van der Waals surface area contributed by atoms with Gasteiger partial charge in [-0.25, -0.2) is 0 Å². The van der Waals surface area contributed by atoms with Crippen LogP contribution < -0.4 is 10.5 Å². The van der Waals surface area contributed by atoms with E-state index in [2.05, 4.69) is 10.1 Å². The summed E-state index contributed by atoms with van der Waals surface area (Å²) in [6.45, 7) is 1.24. The second-order valence-corrected chi connectivity index (χ2v) is 3.93. The number of nitrogens with zero attached hydrogens (tertiary/aromatic N) is 2. The molecule has 2 rings (SSSR count).